The summed E-state index contributed by atoms with van der Waals surface area (Å²) in [6.07, 6.45) is 0. The van der Waals surface area contributed by atoms with E-state index in [2.05, 4.69) is 40.0 Å². The lowest BCUT2D eigenvalue weighted by molar-refractivity contribution is 0.0925. The Kier molecular flexibility index (Phi) is 5.50. The summed E-state index contributed by atoms with van der Waals surface area (Å²) in [6, 6.07) is 4.43. The summed E-state index contributed by atoms with van der Waals surface area (Å²) in [5.74, 6) is -0.894. The van der Waals surface area contributed by atoms with Gasteiger partial charge in [0.2, 0.25) is 0 Å². The maximum atomic E-state index is 13.6. The number of halogens is 2. The van der Waals surface area contributed by atoms with Gasteiger partial charge in [0.05, 0.1) is 5.56 Å². The third-order valence-corrected chi connectivity index (χ3v) is 3.14. The summed E-state index contributed by atoms with van der Waals surface area (Å²) in [6.45, 7) is 5.46. The number of rotatable bonds is 5. The maximum Gasteiger partial charge on any atom is 0.254 e. The highest BCUT2D eigenvalue weighted by atomic mass is 79.9. The van der Waals surface area contributed by atoms with E-state index in [9.17, 15) is 9.18 Å². The highest BCUT2D eigenvalue weighted by molar-refractivity contribution is 9.10. The minimum absolute atomic E-state index is 0.0645. The van der Waals surface area contributed by atoms with Gasteiger partial charge in [-0.15, -0.1) is 0 Å². The van der Waals surface area contributed by atoms with Gasteiger partial charge in [-0.1, -0.05) is 29.8 Å². The van der Waals surface area contributed by atoms with E-state index in [0.717, 1.165) is 6.54 Å². The van der Waals surface area contributed by atoms with E-state index in [1.165, 1.54) is 12.1 Å². The van der Waals surface area contributed by atoms with E-state index in [-0.39, 0.29) is 16.9 Å². The molecular weight excluding hydrogens is 311 g/mol. The second-order valence-electron chi connectivity index (χ2n) is 5.71. The van der Waals surface area contributed by atoms with Crippen molar-refractivity contribution in [1.82, 2.24) is 10.2 Å². The lowest BCUT2D eigenvalue weighted by Gasteiger charge is -2.28. The smallest absolute Gasteiger partial charge is 0.254 e. The Hall–Kier alpha value is -0.940. The van der Waals surface area contributed by atoms with E-state index in [4.69, 9.17) is 0 Å². The van der Waals surface area contributed by atoms with Gasteiger partial charge >= 0.3 is 0 Å². The van der Waals surface area contributed by atoms with Gasteiger partial charge in [-0.3, -0.25) is 4.79 Å². The van der Waals surface area contributed by atoms with E-state index in [1.807, 2.05) is 14.1 Å². The predicted octanol–water partition coefficient (Wildman–Crippen LogP) is 2.91. The molecule has 5 heteroatoms. The van der Waals surface area contributed by atoms with Crippen molar-refractivity contribution >= 4 is 21.8 Å². The highest BCUT2D eigenvalue weighted by Gasteiger charge is 2.21. The van der Waals surface area contributed by atoms with E-state index in [1.54, 1.807) is 6.07 Å². The monoisotopic (exact) mass is 330 g/mol. The first kappa shape index (κ1) is 16.1. The summed E-state index contributed by atoms with van der Waals surface area (Å²) in [5.41, 5.74) is 0.00853. The molecule has 1 N–H and O–H groups in total. The Morgan fingerprint density at radius 2 is 2.05 bits per heavy atom. The maximum absolute atomic E-state index is 13.6. The van der Waals surface area contributed by atoms with E-state index < -0.39 is 5.82 Å². The number of carbonyl (C=O) groups excluding carboxylic acids is 1. The summed E-state index contributed by atoms with van der Waals surface area (Å²) in [7, 11) is 3.97. The second-order valence-corrected chi connectivity index (χ2v) is 6.62. The average molecular weight is 331 g/mol. The van der Waals surface area contributed by atoms with E-state index in [0.29, 0.717) is 11.0 Å². The van der Waals surface area contributed by atoms with Gasteiger partial charge in [0.1, 0.15) is 5.82 Å². The van der Waals surface area contributed by atoms with Crippen molar-refractivity contribution in [3.63, 3.8) is 0 Å². The van der Waals surface area contributed by atoms with Crippen LogP contribution in [0.1, 0.15) is 24.2 Å². The quantitative estimate of drug-likeness (QED) is 0.900. The fraction of sp³-hybridized carbons (Fsp3) is 0.500. The molecule has 0 heterocycles. The molecule has 0 aliphatic heterocycles. The Morgan fingerprint density at radius 1 is 1.42 bits per heavy atom. The van der Waals surface area contributed by atoms with Gasteiger partial charge in [0, 0.05) is 17.6 Å². The predicted molar refractivity (Wildman–Crippen MR) is 78.8 cm³/mol. The zero-order valence-corrected chi connectivity index (χ0v) is 13.3. The molecule has 19 heavy (non-hydrogen) atoms. The third-order valence-electron chi connectivity index (χ3n) is 2.65. The van der Waals surface area contributed by atoms with Crippen molar-refractivity contribution < 1.29 is 9.18 Å². The van der Waals surface area contributed by atoms with Crippen LogP contribution in [0.15, 0.2) is 22.7 Å². The first-order valence-electron chi connectivity index (χ1n) is 6.09. The lowest BCUT2D eigenvalue weighted by Crippen LogP contribution is -2.40. The molecule has 0 atom stereocenters. The third kappa shape index (κ3) is 5.28. The summed E-state index contributed by atoms with van der Waals surface area (Å²) in [5, 5.41) is 2.78. The van der Waals surface area contributed by atoms with Crippen LogP contribution in [0.4, 0.5) is 4.39 Å². The second kappa shape index (κ2) is 6.48. The molecule has 1 rings (SSSR count). The molecule has 1 aromatic rings. The Balaban J connectivity index is 2.65. The molecule has 0 spiro atoms. The molecule has 0 radical (unpaired) electrons. The van der Waals surface area contributed by atoms with Gasteiger partial charge in [0.25, 0.3) is 5.91 Å². The van der Waals surface area contributed by atoms with Crippen LogP contribution in [0.5, 0.6) is 0 Å². The van der Waals surface area contributed by atoms with Gasteiger partial charge < -0.3 is 10.2 Å². The van der Waals surface area contributed by atoms with Crippen LogP contribution in [-0.2, 0) is 0 Å². The number of nitrogens with zero attached hydrogens (tertiary/aromatic N) is 1. The normalized spacial score (nSPS) is 11.7. The van der Waals surface area contributed by atoms with Crippen molar-refractivity contribution in [3.8, 4) is 0 Å². The first-order valence-corrected chi connectivity index (χ1v) is 6.88. The van der Waals surface area contributed by atoms with Crippen LogP contribution in [0.2, 0.25) is 0 Å². The molecular formula is C14H20BrFN2O. The molecule has 1 aromatic carbocycles. The number of hydrogen-bond donors (Lipinski definition) is 1. The van der Waals surface area contributed by atoms with Crippen LogP contribution in [-0.4, -0.2) is 38.0 Å². The molecule has 3 nitrogen and oxygen atoms in total. The zero-order chi connectivity index (χ0) is 14.6. The highest BCUT2D eigenvalue weighted by Crippen LogP contribution is 2.17. The van der Waals surface area contributed by atoms with Crippen LogP contribution in [0.25, 0.3) is 0 Å². The van der Waals surface area contributed by atoms with Crippen molar-refractivity contribution in [3.05, 3.63) is 34.1 Å². The molecule has 0 aromatic heterocycles. The number of hydrogen-bond acceptors (Lipinski definition) is 2. The van der Waals surface area contributed by atoms with Crippen molar-refractivity contribution in [2.75, 3.05) is 27.2 Å². The minimum Gasteiger partial charge on any atom is -0.351 e. The van der Waals surface area contributed by atoms with Crippen LogP contribution in [0, 0.1) is 11.2 Å². The van der Waals surface area contributed by atoms with Gasteiger partial charge in [0.15, 0.2) is 0 Å². The first-order chi connectivity index (χ1) is 8.71. The number of benzene rings is 1. The van der Waals surface area contributed by atoms with Gasteiger partial charge in [-0.2, -0.15) is 0 Å². The van der Waals surface area contributed by atoms with Crippen molar-refractivity contribution in [2.45, 2.75) is 13.8 Å². The van der Waals surface area contributed by atoms with Crippen molar-refractivity contribution in [2.24, 2.45) is 5.41 Å². The Morgan fingerprint density at radius 3 is 2.58 bits per heavy atom. The number of nitrogens with one attached hydrogen (secondary N) is 1. The van der Waals surface area contributed by atoms with Gasteiger partial charge in [-0.05, 0) is 37.7 Å². The molecule has 106 valence electrons. The topological polar surface area (TPSA) is 32.3 Å². The molecule has 0 bridgehead atoms. The standard InChI is InChI=1S/C14H20BrFN2O/c1-14(2,9-18(3)4)8-17-13(19)11-6-5-10(15)7-12(11)16/h5-7H,8-9H2,1-4H3,(H,17,19). The van der Waals surface area contributed by atoms with E-state index >= 15 is 0 Å². The molecule has 0 aliphatic rings. The zero-order valence-electron chi connectivity index (χ0n) is 11.8. The molecule has 0 unspecified atom stereocenters. The fourth-order valence-electron chi connectivity index (χ4n) is 2.00. The van der Waals surface area contributed by atoms with Crippen molar-refractivity contribution in [1.29, 1.82) is 0 Å². The van der Waals surface area contributed by atoms with Gasteiger partial charge in [-0.25, -0.2) is 4.39 Å². The van der Waals surface area contributed by atoms with Crippen LogP contribution >= 0.6 is 15.9 Å². The molecule has 0 saturated carbocycles. The Labute approximate surface area is 122 Å². The number of carbonyl (C=O) groups is 1. The lowest BCUT2D eigenvalue weighted by atomic mass is 9.93. The number of amides is 1. The Bertz CT molecular complexity index is 461. The molecule has 0 aliphatic carbocycles. The average Bonchev–Trinajstić information content (AvgIpc) is 2.24. The molecule has 0 saturated heterocycles. The van der Waals surface area contributed by atoms with Crippen LogP contribution < -0.4 is 5.32 Å². The summed E-state index contributed by atoms with van der Waals surface area (Å²) < 4.78 is 14.3. The molecule has 0 fully saturated rings. The van der Waals surface area contributed by atoms with Crippen LogP contribution in [0.3, 0.4) is 0 Å². The molecule has 1 amide bonds. The largest absolute Gasteiger partial charge is 0.351 e. The summed E-state index contributed by atoms with van der Waals surface area (Å²) >= 11 is 3.17. The fourth-order valence-corrected chi connectivity index (χ4v) is 2.33. The SMILES string of the molecule is CN(C)CC(C)(C)CNC(=O)c1ccc(Br)cc1F. The minimum atomic E-state index is -0.516. The summed E-state index contributed by atoms with van der Waals surface area (Å²) in [4.78, 5) is 14.0.